The van der Waals surface area contributed by atoms with Gasteiger partial charge in [-0.2, -0.15) is 0 Å². The molecule has 1 aromatic carbocycles. The zero-order valence-corrected chi connectivity index (χ0v) is 11.5. The van der Waals surface area contributed by atoms with Crippen LogP contribution in [0.25, 0.3) is 0 Å². The number of rotatable bonds is 5. The first-order valence-electron chi connectivity index (χ1n) is 5.91. The Hall–Kier alpha value is -0.440. The van der Waals surface area contributed by atoms with Gasteiger partial charge in [-0.3, -0.25) is 0 Å². The van der Waals surface area contributed by atoms with Gasteiger partial charge in [0.25, 0.3) is 0 Å². The third kappa shape index (κ3) is 4.06. The third-order valence-electron chi connectivity index (χ3n) is 3.18. The zero-order chi connectivity index (χ0) is 11.5. The van der Waals surface area contributed by atoms with Crippen molar-refractivity contribution in [3.05, 3.63) is 28.8 Å². The summed E-state index contributed by atoms with van der Waals surface area (Å²) in [6, 6.07) is 5.81. The Morgan fingerprint density at radius 1 is 1.47 bits per heavy atom. The molecule has 17 heavy (non-hydrogen) atoms. The Morgan fingerprint density at radius 2 is 2.24 bits per heavy atom. The van der Waals surface area contributed by atoms with E-state index in [9.17, 15) is 5.11 Å². The zero-order valence-electron chi connectivity index (χ0n) is 9.95. The maximum Gasteiger partial charge on any atom is 0.120 e. The van der Waals surface area contributed by atoms with Crippen molar-refractivity contribution in [2.75, 3.05) is 0 Å². The summed E-state index contributed by atoms with van der Waals surface area (Å²) in [5.41, 5.74) is 0.884. The van der Waals surface area contributed by atoms with Crippen LogP contribution in [0.5, 0.6) is 5.75 Å². The fraction of sp³-hybridized carbons (Fsp3) is 0.538. The maximum atomic E-state index is 9.64. The molecule has 1 fully saturated rings. The van der Waals surface area contributed by atoms with Gasteiger partial charge < -0.3 is 10.4 Å². The van der Waals surface area contributed by atoms with Crippen LogP contribution in [0, 0.1) is 5.92 Å². The average Bonchev–Trinajstić information content (AvgIpc) is 2.99. The largest absolute Gasteiger partial charge is 0.508 e. The third-order valence-corrected chi connectivity index (χ3v) is 3.41. The second kappa shape index (κ2) is 6.48. The SMILES string of the molecule is CCCC1CC1NCc1cc(Cl)ccc1O.Cl. The molecule has 0 saturated heterocycles. The molecule has 2 unspecified atom stereocenters. The number of aromatic hydroxyl groups is 1. The molecule has 0 spiro atoms. The Morgan fingerprint density at radius 3 is 2.94 bits per heavy atom. The van der Waals surface area contributed by atoms with Gasteiger partial charge in [0.05, 0.1) is 0 Å². The molecular weight excluding hydrogens is 257 g/mol. The predicted octanol–water partition coefficient (Wildman–Crippen LogP) is 3.75. The van der Waals surface area contributed by atoms with Crippen LogP contribution in [0.15, 0.2) is 18.2 Å². The summed E-state index contributed by atoms with van der Waals surface area (Å²) in [4.78, 5) is 0. The van der Waals surface area contributed by atoms with Gasteiger partial charge in [-0.15, -0.1) is 12.4 Å². The molecule has 1 aliphatic rings. The van der Waals surface area contributed by atoms with Gasteiger partial charge in [-0.1, -0.05) is 24.9 Å². The predicted molar refractivity (Wildman–Crippen MR) is 74.0 cm³/mol. The minimum atomic E-state index is 0. The summed E-state index contributed by atoms with van der Waals surface area (Å²) in [6.45, 7) is 2.93. The van der Waals surface area contributed by atoms with Crippen molar-refractivity contribution in [1.29, 1.82) is 0 Å². The quantitative estimate of drug-likeness (QED) is 0.858. The van der Waals surface area contributed by atoms with Crippen LogP contribution in [0.2, 0.25) is 5.02 Å². The molecule has 2 nitrogen and oxygen atoms in total. The molecule has 1 aromatic rings. The summed E-state index contributed by atoms with van der Waals surface area (Å²) in [5.74, 6) is 1.16. The number of phenolic OH excluding ortho intramolecular Hbond substituents is 1. The van der Waals surface area contributed by atoms with E-state index in [1.165, 1.54) is 19.3 Å². The lowest BCUT2D eigenvalue weighted by molar-refractivity contribution is 0.463. The van der Waals surface area contributed by atoms with E-state index < -0.39 is 0 Å². The minimum absolute atomic E-state index is 0. The van der Waals surface area contributed by atoms with Gasteiger partial charge in [0.2, 0.25) is 0 Å². The number of halogens is 2. The second-order valence-electron chi connectivity index (χ2n) is 4.54. The van der Waals surface area contributed by atoms with E-state index in [1.807, 2.05) is 6.07 Å². The highest BCUT2D eigenvalue weighted by molar-refractivity contribution is 6.30. The van der Waals surface area contributed by atoms with Crippen LogP contribution in [-0.4, -0.2) is 11.1 Å². The standard InChI is InChI=1S/C13H18ClNO.ClH/c1-2-3-9-7-12(9)15-8-10-6-11(14)4-5-13(10)16;/h4-6,9,12,15-16H,2-3,7-8H2,1H3;1H. The summed E-state index contributed by atoms with van der Waals surface area (Å²) in [7, 11) is 0. The molecular formula is C13H19Cl2NO. The van der Waals surface area contributed by atoms with Crippen LogP contribution in [-0.2, 0) is 6.54 Å². The maximum absolute atomic E-state index is 9.64. The summed E-state index contributed by atoms with van der Waals surface area (Å²) in [5, 5.41) is 13.8. The Balaban J connectivity index is 0.00000144. The monoisotopic (exact) mass is 275 g/mol. The molecule has 0 heterocycles. The van der Waals surface area contributed by atoms with Gasteiger partial charge in [0.1, 0.15) is 5.75 Å². The molecule has 2 rings (SSSR count). The highest BCUT2D eigenvalue weighted by Crippen LogP contribution is 2.35. The van der Waals surface area contributed by atoms with Gasteiger partial charge in [0, 0.05) is 23.2 Å². The van der Waals surface area contributed by atoms with E-state index in [-0.39, 0.29) is 12.4 Å². The highest BCUT2D eigenvalue weighted by Gasteiger charge is 2.35. The topological polar surface area (TPSA) is 32.3 Å². The molecule has 0 bridgehead atoms. The van der Waals surface area contributed by atoms with E-state index in [0.717, 1.165) is 11.5 Å². The van der Waals surface area contributed by atoms with Gasteiger partial charge in [-0.05, 0) is 37.0 Å². The Kier molecular flexibility index (Phi) is 5.57. The number of nitrogens with one attached hydrogen (secondary N) is 1. The summed E-state index contributed by atoms with van der Waals surface area (Å²) >= 11 is 5.89. The molecule has 1 aliphatic carbocycles. The van der Waals surface area contributed by atoms with Crippen LogP contribution in [0.3, 0.4) is 0 Å². The number of hydrogen-bond acceptors (Lipinski definition) is 2. The molecule has 2 atom stereocenters. The van der Waals surface area contributed by atoms with E-state index in [0.29, 0.717) is 23.4 Å². The molecule has 0 aliphatic heterocycles. The first-order chi connectivity index (χ1) is 7.70. The summed E-state index contributed by atoms with van der Waals surface area (Å²) in [6.07, 6.45) is 3.83. The lowest BCUT2D eigenvalue weighted by atomic mass is 10.2. The first-order valence-corrected chi connectivity index (χ1v) is 6.29. The fourth-order valence-electron chi connectivity index (χ4n) is 2.12. The normalized spacial score (nSPS) is 22.0. The molecule has 4 heteroatoms. The van der Waals surface area contributed by atoms with Gasteiger partial charge in [-0.25, -0.2) is 0 Å². The first kappa shape index (κ1) is 14.6. The van der Waals surface area contributed by atoms with Crippen LogP contribution >= 0.6 is 24.0 Å². The van der Waals surface area contributed by atoms with Crippen molar-refractivity contribution in [2.45, 2.75) is 38.8 Å². The van der Waals surface area contributed by atoms with Crippen molar-refractivity contribution in [1.82, 2.24) is 5.32 Å². The van der Waals surface area contributed by atoms with E-state index in [2.05, 4.69) is 12.2 Å². The van der Waals surface area contributed by atoms with Crippen LogP contribution < -0.4 is 5.32 Å². The van der Waals surface area contributed by atoms with Crippen molar-refractivity contribution in [3.8, 4) is 5.75 Å². The van der Waals surface area contributed by atoms with Crippen molar-refractivity contribution in [3.63, 3.8) is 0 Å². The molecule has 0 radical (unpaired) electrons. The number of phenols is 1. The Bertz CT molecular complexity index is 370. The van der Waals surface area contributed by atoms with Crippen LogP contribution in [0.4, 0.5) is 0 Å². The fourth-order valence-corrected chi connectivity index (χ4v) is 2.32. The lowest BCUT2D eigenvalue weighted by Crippen LogP contribution is -2.17. The molecule has 0 amide bonds. The lowest BCUT2D eigenvalue weighted by Gasteiger charge is -2.06. The van der Waals surface area contributed by atoms with Crippen molar-refractivity contribution >= 4 is 24.0 Å². The smallest absolute Gasteiger partial charge is 0.120 e. The van der Waals surface area contributed by atoms with Gasteiger partial charge in [0.15, 0.2) is 0 Å². The van der Waals surface area contributed by atoms with Gasteiger partial charge >= 0.3 is 0 Å². The van der Waals surface area contributed by atoms with E-state index in [1.54, 1.807) is 12.1 Å². The second-order valence-corrected chi connectivity index (χ2v) is 4.98. The number of benzene rings is 1. The highest BCUT2D eigenvalue weighted by atomic mass is 35.5. The van der Waals surface area contributed by atoms with E-state index in [4.69, 9.17) is 11.6 Å². The van der Waals surface area contributed by atoms with Crippen molar-refractivity contribution < 1.29 is 5.11 Å². The summed E-state index contributed by atoms with van der Waals surface area (Å²) < 4.78 is 0. The molecule has 96 valence electrons. The van der Waals surface area contributed by atoms with E-state index >= 15 is 0 Å². The Labute approximate surface area is 114 Å². The molecule has 2 N–H and O–H groups in total. The minimum Gasteiger partial charge on any atom is -0.508 e. The average molecular weight is 276 g/mol. The van der Waals surface area contributed by atoms with Crippen molar-refractivity contribution in [2.24, 2.45) is 5.92 Å². The molecule has 0 aromatic heterocycles. The number of hydrogen-bond donors (Lipinski definition) is 2. The molecule has 1 saturated carbocycles. The van der Waals surface area contributed by atoms with Crippen LogP contribution in [0.1, 0.15) is 31.7 Å².